The largest absolute Gasteiger partial charge is 0.465 e. The van der Waals surface area contributed by atoms with Gasteiger partial charge in [-0.15, -0.1) is 11.3 Å². The summed E-state index contributed by atoms with van der Waals surface area (Å²) in [5.74, 6) is -0.913. The quantitative estimate of drug-likeness (QED) is 0.606. The maximum atomic E-state index is 14.3. The van der Waals surface area contributed by atoms with Crippen LogP contribution in [-0.4, -0.2) is 36.1 Å². The van der Waals surface area contributed by atoms with Crippen molar-refractivity contribution >= 4 is 27.3 Å². The Morgan fingerprint density at radius 2 is 2.07 bits per heavy atom. The molecule has 3 aromatic heterocycles. The molecule has 0 fully saturated rings. The average molecular weight is 409 g/mol. The van der Waals surface area contributed by atoms with Crippen LogP contribution in [0.5, 0.6) is 0 Å². The Labute approximate surface area is 161 Å². The number of nitrogens with zero attached hydrogens (tertiary/aromatic N) is 2. The molecule has 0 radical (unpaired) electrons. The Bertz CT molecular complexity index is 1150. The zero-order valence-electron chi connectivity index (χ0n) is 15.6. The van der Waals surface area contributed by atoms with Gasteiger partial charge in [0.05, 0.1) is 4.90 Å². The number of sulfone groups is 1. The Kier molecular flexibility index (Phi) is 4.72. The third-order valence-electron chi connectivity index (χ3n) is 3.44. The van der Waals surface area contributed by atoms with Gasteiger partial charge in [-0.2, -0.15) is 4.39 Å². The average Bonchev–Trinajstić information content (AvgIpc) is 3.14. The molecule has 27 heavy (non-hydrogen) atoms. The Morgan fingerprint density at radius 3 is 2.74 bits per heavy atom. The first-order valence-electron chi connectivity index (χ1n) is 8.50. The third kappa shape index (κ3) is 4.12. The van der Waals surface area contributed by atoms with Crippen molar-refractivity contribution in [2.75, 3.05) is 6.54 Å². The minimum Gasteiger partial charge on any atom is -0.465 e. The van der Waals surface area contributed by atoms with Crippen LogP contribution in [0.15, 0.2) is 58.0 Å². The number of pyridine rings is 2. The molecule has 0 spiro atoms. The molecule has 0 saturated carbocycles. The second kappa shape index (κ2) is 7.80. The molecule has 7 nitrogen and oxygen atoms in total. The monoisotopic (exact) mass is 409 g/mol. The minimum absolute atomic E-state index is 0.0568. The van der Waals surface area contributed by atoms with Crippen molar-refractivity contribution in [2.45, 2.75) is 15.5 Å². The molecule has 3 rings (SSSR count). The fourth-order valence-corrected chi connectivity index (χ4v) is 5.18. The molecule has 3 heterocycles. The van der Waals surface area contributed by atoms with E-state index < -0.39 is 34.8 Å². The van der Waals surface area contributed by atoms with Crippen molar-refractivity contribution < 1.29 is 25.5 Å². The minimum atomic E-state index is -4.15. The summed E-state index contributed by atoms with van der Waals surface area (Å²) >= 11 is 0.605. The van der Waals surface area contributed by atoms with Crippen molar-refractivity contribution in [3.8, 4) is 11.1 Å². The van der Waals surface area contributed by atoms with Gasteiger partial charge in [0.1, 0.15) is 4.21 Å². The van der Waals surface area contributed by atoms with Crippen molar-refractivity contribution in [1.29, 1.82) is 0 Å². The van der Waals surface area contributed by atoms with E-state index in [2.05, 4.69) is 9.97 Å². The summed E-state index contributed by atoms with van der Waals surface area (Å²) in [5, 5.41) is 10.7. The van der Waals surface area contributed by atoms with Gasteiger partial charge in [0.25, 0.3) is 0 Å². The molecule has 1 amide bonds. The summed E-state index contributed by atoms with van der Waals surface area (Å²) in [6, 6.07) is 6.73. The SMILES string of the molecule is [2H]C([2H])(CNC(=O)O)c1cc(-c2cccnc2F)c(S(=O)(=O)c2cccnc2)s1. The van der Waals surface area contributed by atoms with Gasteiger partial charge in [-0.05, 0) is 36.7 Å². The first-order chi connectivity index (χ1) is 13.6. The molecule has 0 atom stereocenters. The number of amides is 1. The number of hydrogen-bond acceptors (Lipinski definition) is 6. The summed E-state index contributed by atoms with van der Waals surface area (Å²) in [6.07, 6.45) is 0.0961. The van der Waals surface area contributed by atoms with E-state index in [0.717, 1.165) is 6.20 Å². The van der Waals surface area contributed by atoms with E-state index in [0.29, 0.717) is 11.3 Å². The number of hydrogen-bond donors (Lipinski definition) is 2. The highest BCUT2D eigenvalue weighted by Gasteiger charge is 2.27. The zero-order chi connectivity index (χ0) is 21.2. The van der Waals surface area contributed by atoms with E-state index in [-0.39, 0.29) is 25.1 Å². The Hall–Kier alpha value is -2.85. The molecular weight excluding hydrogens is 393 g/mol. The van der Waals surface area contributed by atoms with Crippen LogP contribution in [0, 0.1) is 5.95 Å². The van der Waals surface area contributed by atoms with Crippen molar-refractivity contribution in [3.63, 3.8) is 0 Å². The lowest BCUT2D eigenvalue weighted by atomic mass is 10.1. The number of aromatic nitrogens is 2. The number of carbonyl (C=O) groups is 1. The van der Waals surface area contributed by atoms with E-state index in [1.54, 1.807) is 0 Å². The maximum Gasteiger partial charge on any atom is 0.404 e. The topological polar surface area (TPSA) is 109 Å². The first-order valence-corrected chi connectivity index (χ1v) is 9.80. The lowest BCUT2D eigenvalue weighted by molar-refractivity contribution is 0.194. The van der Waals surface area contributed by atoms with Crippen LogP contribution in [0.4, 0.5) is 9.18 Å². The normalized spacial score (nSPS) is 12.9. The van der Waals surface area contributed by atoms with Crippen LogP contribution >= 0.6 is 11.3 Å². The molecule has 2 N–H and O–H groups in total. The molecule has 0 aliphatic heterocycles. The van der Waals surface area contributed by atoms with Gasteiger partial charge in [-0.1, -0.05) is 0 Å². The standard InChI is InChI=1S/C17H14FN3O4S2/c18-15-13(4-2-7-20-15)14-9-11(5-8-21-17(22)23)26-16(14)27(24,25)12-3-1-6-19-10-12/h1-4,6-7,9-10,21H,5,8H2,(H,22,23)/i5D2. The van der Waals surface area contributed by atoms with Crippen LogP contribution in [0.1, 0.15) is 7.62 Å². The second-order valence-electron chi connectivity index (χ2n) is 5.18. The number of carboxylic acid groups (broad SMARTS) is 1. The van der Waals surface area contributed by atoms with Gasteiger partial charge in [0.2, 0.25) is 15.8 Å². The van der Waals surface area contributed by atoms with E-state index in [1.807, 2.05) is 5.32 Å². The molecule has 0 unspecified atom stereocenters. The maximum absolute atomic E-state index is 14.3. The Morgan fingerprint density at radius 1 is 1.30 bits per heavy atom. The van der Waals surface area contributed by atoms with Crippen LogP contribution in [0.2, 0.25) is 0 Å². The molecule has 0 aliphatic carbocycles. The van der Waals surface area contributed by atoms with E-state index in [4.69, 9.17) is 7.85 Å². The Balaban J connectivity index is 2.20. The number of thiophene rings is 1. The van der Waals surface area contributed by atoms with Crippen molar-refractivity contribution in [1.82, 2.24) is 15.3 Å². The smallest absolute Gasteiger partial charge is 0.404 e. The highest BCUT2D eigenvalue weighted by atomic mass is 32.2. The number of rotatable bonds is 6. The van der Waals surface area contributed by atoms with Gasteiger partial charge >= 0.3 is 6.09 Å². The molecule has 0 aliphatic rings. The fraction of sp³-hybridized carbons (Fsp3) is 0.118. The van der Waals surface area contributed by atoms with Gasteiger partial charge in [-0.25, -0.2) is 18.2 Å². The highest BCUT2D eigenvalue weighted by Crippen LogP contribution is 2.39. The lowest BCUT2D eigenvalue weighted by Crippen LogP contribution is -2.22. The number of halogens is 1. The molecule has 0 bridgehead atoms. The van der Waals surface area contributed by atoms with Crippen molar-refractivity contribution in [3.05, 3.63) is 59.7 Å². The van der Waals surface area contributed by atoms with Crippen LogP contribution in [0.3, 0.4) is 0 Å². The summed E-state index contributed by atoms with van der Waals surface area (Å²) in [4.78, 5) is 17.8. The van der Waals surface area contributed by atoms with Crippen LogP contribution in [-0.2, 0) is 16.2 Å². The van der Waals surface area contributed by atoms with E-state index in [1.165, 1.54) is 42.7 Å². The summed E-state index contributed by atoms with van der Waals surface area (Å²) in [6.45, 7) is -0.607. The molecule has 3 aromatic rings. The van der Waals surface area contributed by atoms with E-state index >= 15 is 0 Å². The zero-order valence-corrected chi connectivity index (χ0v) is 15.2. The molecule has 140 valence electrons. The van der Waals surface area contributed by atoms with Gasteiger partial charge in [-0.3, -0.25) is 4.98 Å². The number of nitrogens with one attached hydrogen (secondary N) is 1. The first kappa shape index (κ1) is 16.3. The van der Waals surface area contributed by atoms with Crippen LogP contribution < -0.4 is 5.32 Å². The summed E-state index contributed by atoms with van der Waals surface area (Å²) in [5.41, 5.74) is -0.168. The predicted molar refractivity (Wildman–Crippen MR) is 96.9 cm³/mol. The summed E-state index contributed by atoms with van der Waals surface area (Å²) in [7, 11) is -4.15. The third-order valence-corrected chi connectivity index (χ3v) is 6.80. The molecule has 0 aromatic carbocycles. The highest BCUT2D eigenvalue weighted by molar-refractivity contribution is 7.93. The molecule has 10 heteroatoms. The fourth-order valence-electron chi connectivity index (χ4n) is 2.26. The summed E-state index contributed by atoms with van der Waals surface area (Å²) < 4.78 is 56.6. The van der Waals surface area contributed by atoms with Gasteiger partial charge in [0.15, 0.2) is 0 Å². The predicted octanol–water partition coefficient (Wildman–Crippen LogP) is 2.99. The van der Waals surface area contributed by atoms with Gasteiger partial charge in [0, 0.05) is 43.9 Å². The van der Waals surface area contributed by atoms with Gasteiger partial charge < -0.3 is 10.4 Å². The van der Waals surface area contributed by atoms with Crippen LogP contribution in [0.25, 0.3) is 11.1 Å². The van der Waals surface area contributed by atoms with Crippen molar-refractivity contribution in [2.24, 2.45) is 0 Å². The molecule has 0 saturated heterocycles. The lowest BCUT2D eigenvalue weighted by Gasteiger charge is -2.06. The molecular formula is C17H14FN3O4S2. The van der Waals surface area contributed by atoms with E-state index in [9.17, 15) is 17.6 Å². The second-order valence-corrected chi connectivity index (χ2v) is 8.38.